The molecule has 0 aliphatic carbocycles. The van der Waals surface area contributed by atoms with Crippen LogP contribution in [0.15, 0.2) is 21.7 Å². The summed E-state index contributed by atoms with van der Waals surface area (Å²) in [6.07, 6.45) is 3.37. The van der Waals surface area contributed by atoms with Crippen LogP contribution < -0.4 is 0 Å². The van der Waals surface area contributed by atoms with Gasteiger partial charge in [-0.05, 0) is 13.8 Å². The molecule has 0 radical (unpaired) electrons. The van der Waals surface area contributed by atoms with Crippen molar-refractivity contribution < 1.29 is 17.9 Å². The van der Waals surface area contributed by atoms with E-state index in [0.29, 0.717) is 11.3 Å². The Morgan fingerprint density at radius 3 is 2.57 bits per heavy atom. The van der Waals surface area contributed by atoms with Crippen LogP contribution in [0.5, 0.6) is 0 Å². The highest BCUT2D eigenvalue weighted by Gasteiger charge is 2.30. The summed E-state index contributed by atoms with van der Waals surface area (Å²) in [6.45, 7) is 3.04. The summed E-state index contributed by atoms with van der Waals surface area (Å²) in [7, 11) is -0.477. The van der Waals surface area contributed by atoms with Crippen LogP contribution in [-0.4, -0.2) is 34.7 Å². The van der Waals surface area contributed by atoms with Gasteiger partial charge in [0.1, 0.15) is 16.4 Å². The zero-order valence-electron chi connectivity index (χ0n) is 12.5. The van der Waals surface area contributed by atoms with Gasteiger partial charge in [0.25, 0.3) is 0 Å². The predicted molar refractivity (Wildman–Crippen MR) is 76.0 cm³/mol. The fourth-order valence-corrected chi connectivity index (χ4v) is 3.84. The molecule has 0 unspecified atom stereocenters. The lowest BCUT2D eigenvalue weighted by Crippen LogP contribution is -2.27. The number of sulfonamides is 1. The zero-order chi connectivity index (χ0) is 15.8. The molecule has 2 aromatic heterocycles. The van der Waals surface area contributed by atoms with E-state index in [-0.39, 0.29) is 23.8 Å². The second kappa shape index (κ2) is 5.63. The second-order valence-electron chi connectivity index (χ2n) is 4.96. The van der Waals surface area contributed by atoms with E-state index in [4.69, 9.17) is 4.42 Å². The summed E-state index contributed by atoms with van der Waals surface area (Å²) in [5.41, 5.74) is 1.09. The molecule has 0 aromatic carbocycles. The van der Waals surface area contributed by atoms with E-state index in [1.807, 2.05) is 0 Å². The molecular formula is C13H19N3O4S. The highest BCUT2D eigenvalue weighted by molar-refractivity contribution is 7.89. The Hall–Kier alpha value is -1.64. The number of furan rings is 1. The molecule has 0 bridgehead atoms. The molecule has 21 heavy (non-hydrogen) atoms. The van der Waals surface area contributed by atoms with Crippen molar-refractivity contribution in [3.8, 4) is 0 Å². The maximum absolute atomic E-state index is 12.7. The van der Waals surface area contributed by atoms with E-state index in [1.165, 1.54) is 11.4 Å². The van der Waals surface area contributed by atoms with Crippen LogP contribution in [-0.2, 0) is 30.2 Å². The lowest BCUT2D eigenvalue weighted by atomic mass is 10.2. The van der Waals surface area contributed by atoms with E-state index in [1.54, 1.807) is 38.0 Å². The first-order chi connectivity index (χ1) is 9.77. The molecule has 2 aromatic rings. The third-order valence-electron chi connectivity index (χ3n) is 3.31. The standard InChI is InChI=1S/C13H19N3O4S/c1-9-12(8-17)13(10(2)20-9)21(18,19)16(4)7-11-5-14-15(3)6-11/h5-6,17H,7-8H2,1-4H3. The van der Waals surface area contributed by atoms with Crippen molar-refractivity contribution in [3.63, 3.8) is 0 Å². The van der Waals surface area contributed by atoms with Crippen LogP contribution in [0.4, 0.5) is 0 Å². The molecule has 0 aliphatic heterocycles. The van der Waals surface area contributed by atoms with Gasteiger partial charge in [-0.1, -0.05) is 0 Å². The molecule has 2 heterocycles. The van der Waals surface area contributed by atoms with E-state index < -0.39 is 10.0 Å². The monoisotopic (exact) mass is 313 g/mol. The molecule has 116 valence electrons. The molecule has 0 saturated heterocycles. The van der Waals surface area contributed by atoms with Gasteiger partial charge in [0, 0.05) is 38.0 Å². The molecule has 0 saturated carbocycles. The molecule has 0 atom stereocenters. The maximum Gasteiger partial charge on any atom is 0.246 e. The van der Waals surface area contributed by atoms with Crippen LogP contribution in [0.25, 0.3) is 0 Å². The van der Waals surface area contributed by atoms with Gasteiger partial charge in [0.15, 0.2) is 0 Å². The van der Waals surface area contributed by atoms with E-state index in [9.17, 15) is 13.5 Å². The van der Waals surface area contributed by atoms with Gasteiger partial charge < -0.3 is 9.52 Å². The quantitative estimate of drug-likeness (QED) is 0.887. The molecule has 0 aliphatic rings. The Morgan fingerprint density at radius 2 is 2.05 bits per heavy atom. The van der Waals surface area contributed by atoms with Gasteiger partial charge in [-0.25, -0.2) is 8.42 Å². The number of rotatable bonds is 5. The van der Waals surface area contributed by atoms with Crippen molar-refractivity contribution in [3.05, 3.63) is 35.0 Å². The third kappa shape index (κ3) is 2.87. The van der Waals surface area contributed by atoms with E-state index in [0.717, 1.165) is 5.56 Å². The molecule has 1 N–H and O–H groups in total. The average molecular weight is 313 g/mol. The SMILES string of the molecule is Cc1oc(C)c(S(=O)(=O)N(C)Cc2cnn(C)c2)c1CO. The number of aryl methyl sites for hydroxylation is 3. The zero-order valence-corrected chi connectivity index (χ0v) is 13.3. The summed E-state index contributed by atoms with van der Waals surface area (Å²) in [5, 5.41) is 13.4. The van der Waals surface area contributed by atoms with Crippen LogP contribution in [0.1, 0.15) is 22.6 Å². The van der Waals surface area contributed by atoms with Crippen molar-refractivity contribution in [2.24, 2.45) is 7.05 Å². The molecule has 0 spiro atoms. The topological polar surface area (TPSA) is 88.6 Å². The first kappa shape index (κ1) is 15.7. The molecule has 2 rings (SSSR count). The minimum Gasteiger partial charge on any atom is -0.465 e. The van der Waals surface area contributed by atoms with Gasteiger partial charge in [0.05, 0.1) is 12.8 Å². The number of hydrogen-bond donors (Lipinski definition) is 1. The first-order valence-electron chi connectivity index (χ1n) is 6.41. The number of nitrogens with zero attached hydrogens (tertiary/aromatic N) is 3. The molecule has 0 fully saturated rings. The summed E-state index contributed by atoms with van der Waals surface area (Å²) in [4.78, 5) is 0.0499. The highest BCUT2D eigenvalue weighted by atomic mass is 32.2. The highest BCUT2D eigenvalue weighted by Crippen LogP contribution is 2.29. The summed E-state index contributed by atoms with van der Waals surface area (Å²) in [5.74, 6) is 0.706. The van der Waals surface area contributed by atoms with Crippen LogP contribution in [0.3, 0.4) is 0 Å². The Morgan fingerprint density at radius 1 is 1.38 bits per heavy atom. The van der Waals surface area contributed by atoms with E-state index in [2.05, 4.69) is 5.10 Å². The van der Waals surface area contributed by atoms with Gasteiger partial charge in [-0.2, -0.15) is 9.40 Å². The second-order valence-corrected chi connectivity index (χ2v) is 6.95. The molecule has 7 nitrogen and oxygen atoms in total. The lowest BCUT2D eigenvalue weighted by Gasteiger charge is -2.16. The van der Waals surface area contributed by atoms with Crippen molar-refractivity contribution in [1.29, 1.82) is 0 Å². The van der Waals surface area contributed by atoms with Crippen molar-refractivity contribution in [2.45, 2.75) is 31.9 Å². The normalized spacial score (nSPS) is 12.3. The Bertz CT molecular complexity index is 746. The minimum absolute atomic E-state index is 0.0499. The molecule has 8 heteroatoms. The van der Waals surface area contributed by atoms with Crippen LogP contribution in [0, 0.1) is 13.8 Å². The Kier molecular flexibility index (Phi) is 4.22. The van der Waals surface area contributed by atoms with Crippen LogP contribution in [0.2, 0.25) is 0 Å². The summed E-state index contributed by atoms with van der Waals surface area (Å²) >= 11 is 0. The van der Waals surface area contributed by atoms with E-state index >= 15 is 0 Å². The molecular weight excluding hydrogens is 294 g/mol. The third-order valence-corrected chi connectivity index (χ3v) is 5.31. The Balaban J connectivity index is 2.37. The van der Waals surface area contributed by atoms with Gasteiger partial charge in [-0.3, -0.25) is 4.68 Å². The van der Waals surface area contributed by atoms with Crippen molar-refractivity contribution in [1.82, 2.24) is 14.1 Å². The van der Waals surface area contributed by atoms with Gasteiger partial charge in [0.2, 0.25) is 10.0 Å². The number of aliphatic hydroxyl groups is 1. The maximum atomic E-state index is 12.7. The minimum atomic E-state index is -3.74. The van der Waals surface area contributed by atoms with Gasteiger partial charge >= 0.3 is 0 Å². The largest absolute Gasteiger partial charge is 0.465 e. The predicted octanol–water partition coefficient (Wildman–Crippen LogP) is 0.943. The van der Waals surface area contributed by atoms with Crippen LogP contribution >= 0.6 is 0 Å². The fraction of sp³-hybridized carbons (Fsp3) is 0.462. The van der Waals surface area contributed by atoms with Gasteiger partial charge in [-0.15, -0.1) is 0 Å². The molecule has 0 amide bonds. The summed E-state index contributed by atoms with van der Waals surface area (Å²) < 4.78 is 33.6. The summed E-state index contributed by atoms with van der Waals surface area (Å²) in [6, 6.07) is 0. The smallest absolute Gasteiger partial charge is 0.246 e. The Labute approximate surface area is 123 Å². The first-order valence-corrected chi connectivity index (χ1v) is 7.85. The average Bonchev–Trinajstić information content (AvgIpc) is 2.92. The lowest BCUT2D eigenvalue weighted by molar-refractivity contribution is 0.276. The van der Waals surface area contributed by atoms with Crippen molar-refractivity contribution in [2.75, 3.05) is 7.05 Å². The van der Waals surface area contributed by atoms with Crippen molar-refractivity contribution >= 4 is 10.0 Å². The fourth-order valence-electron chi connectivity index (χ4n) is 2.28. The number of aliphatic hydroxyl groups excluding tert-OH is 1. The number of hydrogen-bond acceptors (Lipinski definition) is 5. The number of aromatic nitrogens is 2.